The maximum atomic E-state index is 12.7. The van der Waals surface area contributed by atoms with E-state index in [1.807, 2.05) is 13.0 Å². The number of nitro benzene ring substituents is 1. The summed E-state index contributed by atoms with van der Waals surface area (Å²) in [5, 5.41) is 18.4. The summed E-state index contributed by atoms with van der Waals surface area (Å²) in [5.41, 5.74) is 1.34. The fraction of sp³-hybridized carbons (Fsp3) is 0.375. The molecule has 1 saturated heterocycles. The van der Waals surface area contributed by atoms with E-state index in [1.54, 1.807) is 22.7 Å². The minimum absolute atomic E-state index is 0.0553. The van der Waals surface area contributed by atoms with Crippen molar-refractivity contribution in [1.29, 1.82) is 0 Å². The SMILES string of the molecule is COc1cc(NC2CCN(c3cc(C)nn3C)C2=O)ccc1[N+](=O)[O-]. The lowest BCUT2D eigenvalue weighted by Gasteiger charge is -2.17. The Morgan fingerprint density at radius 1 is 1.40 bits per heavy atom. The molecule has 25 heavy (non-hydrogen) atoms. The number of nitrogens with one attached hydrogen (secondary N) is 1. The lowest BCUT2D eigenvalue weighted by atomic mass is 10.2. The Balaban J connectivity index is 1.77. The number of amides is 1. The van der Waals surface area contributed by atoms with Gasteiger partial charge in [-0.3, -0.25) is 24.5 Å². The molecule has 1 unspecified atom stereocenters. The van der Waals surface area contributed by atoms with Crippen LogP contribution in [0.1, 0.15) is 12.1 Å². The van der Waals surface area contributed by atoms with Crippen LogP contribution in [-0.2, 0) is 11.8 Å². The molecule has 2 aromatic rings. The number of ether oxygens (including phenoxy) is 1. The van der Waals surface area contributed by atoms with Gasteiger partial charge < -0.3 is 10.1 Å². The Kier molecular flexibility index (Phi) is 4.30. The molecular formula is C16H19N5O4. The molecule has 0 aliphatic carbocycles. The molecule has 9 nitrogen and oxygen atoms in total. The molecule has 1 atom stereocenters. The van der Waals surface area contributed by atoms with Gasteiger partial charge in [-0.05, 0) is 19.4 Å². The van der Waals surface area contributed by atoms with Crippen LogP contribution in [0.25, 0.3) is 0 Å². The van der Waals surface area contributed by atoms with E-state index < -0.39 is 11.0 Å². The summed E-state index contributed by atoms with van der Waals surface area (Å²) in [7, 11) is 3.18. The van der Waals surface area contributed by atoms with Crippen LogP contribution < -0.4 is 15.0 Å². The number of carbonyl (C=O) groups excluding carboxylic acids is 1. The highest BCUT2D eigenvalue weighted by atomic mass is 16.6. The lowest BCUT2D eigenvalue weighted by molar-refractivity contribution is -0.385. The molecule has 3 rings (SSSR count). The van der Waals surface area contributed by atoms with Crippen molar-refractivity contribution in [1.82, 2.24) is 9.78 Å². The highest BCUT2D eigenvalue weighted by Crippen LogP contribution is 2.31. The summed E-state index contributed by atoms with van der Waals surface area (Å²) in [5.74, 6) is 0.855. The van der Waals surface area contributed by atoms with Crippen molar-refractivity contribution >= 4 is 23.1 Å². The topological polar surface area (TPSA) is 103 Å². The zero-order valence-electron chi connectivity index (χ0n) is 14.2. The van der Waals surface area contributed by atoms with Gasteiger partial charge in [0.25, 0.3) is 5.91 Å². The number of nitrogens with zero attached hydrogens (tertiary/aromatic N) is 4. The monoisotopic (exact) mass is 345 g/mol. The van der Waals surface area contributed by atoms with E-state index in [2.05, 4.69) is 10.4 Å². The van der Waals surface area contributed by atoms with Gasteiger partial charge >= 0.3 is 5.69 Å². The number of aromatic nitrogens is 2. The number of aryl methyl sites for hydroxylation is 2. The Bertz CT molecular complexity index is 832. The van der Waals surface area contributed by atoms with Crippen LogP contribution in [0, 0.1) is 17.0 Å². The number of methoxy groups -OCH3 is 1. The molecule has 132 valence electrons. The second-order valence-corrected chi connectivity index (χ2v) is 5.89. The molecule has 0 radical (unpaired) electrons. The molecule has 1 N–H and O–H groups in total. The second-order valence-electron chi connectivity index (χ2n) is 5.89. The van der Waals surface area contributed by atoms with Crippen molar-refractivity contribution < 1.29 is 14.5 Å². The second kappa shape index (κ2) is 6.42. The maximum Gasteiger partial charge on any atom is 0.311 e. The van der Waals surface area contributed by atoms with Gasteiger partial charge in [-0.15, -0.1) is 0 Å². The van der Waals surface area contributed by atoms with E-state index >= 15 is 0 Å². The van der Waals surface area contributed by atoms with Gasteiger partial charge in [0.1, 0.15) is 11.9 Å². The van der Waals surface area contributed by atoms with Gasteiger partial charge in [0.05, 0.1) is 17.7 Å². The Hall–Kier alpha value is -3.10. The first-order chi connectivity index (χ1) is 11.9. The van der Waals surface area contributed by atoms with Crippen LogP contribution in [0.4, 0.5) is 17.2 Å². The van der Waals surface area contributed by atoms with Crippen molar-refractivity contribution in [2.45, 2.75) is 19.4 Å². The van der Waals surface area contributed by atoms with Crippen molar-refractivity contribution in [2.24, 2.45) is 7.05 Å². The molecule has 9 heteroatoms. The first-order valence-electron chi connectivity index (χ1n) is 7.81. The lowest BCUT2D eigenvalue weighted by Crippen LogP contribution is -2.34. The highest BCUT2D eigenvalue weighted by Gasteiger charge is 2.34. The quantitative estimate of drug-likeness (QED) is 0.655. The normalized spacial score (nSPS) is 17.0. The molecule has 1 amide bonds. The standard InChI is InChI=1S/C16H19N5O4/c1-10-8-15(19(2)18-10)20-7-6-12(16(20)22)17-11-4-5-13(21(23)24)14(9-11)25-3/h4-5,8-9,12,17H,6-7H2,1-3H3. The van der Waals surface area contributed by atoms with E-state index in [4.69, 9.17) is 4.74 Å². The molecule has 1 aliphatic heterocycles. The summed E-state index contributed by atoms with van der Waals surface area (Å²) >= 11 is 0. The van der Waals surface area contributed by atoms with Gasteiger partial charge in [-0.2, -0.15) is 5.10 Å². The predicted molar refractivity (Wildman–Crippen MR) is 92.0 cm³/mol. The third kappa shape index (κ3) is 3.12. The summed E-state index contributed by atoms with van der Waals surface area (Å²) in [6.45, 7) is 2.46. The average molecular weight is 345 g/mol. The van der Waals surface area contributed by atoms with Crippen LogP contribution in [0.2, 0.25) is 0 Å². The molecule has 1 aromatic heterocycles. The Morgan fingerprint density at radius 2 is 2.16 bits per heavy atom. The van der Waals surface area contributed by atoms with Crippen molar-refractivity contribution in [3.05, 3.63) is 40.1 Å². The largest absolute Gasteiger partial charge is 0.490 e. The van der Waals surface area contributed by atoms with E-state index in [1.165, 1.54) is 19.2 Å². The van der Waals surface area contributed by atoms with E-state index in [-0.39, 0.29) is 17.3 Å². The number of benzene rings is 1. The van der Waals surface area contributed by atoms with Crippen molar-refractivity contribution in [3.8, 4) is 5.75 Å². The molecule has 0 saturated carbocycles. The van der Waals surface area contributed by atoms with Crippen LogP contribution in [0.15, 0.2) is 24.3 Å². The number of hydrogen-bond acceptors (Lipinski definition) is 6. The fourth-order valence-corrected chi connectivity index (χ4v) is 3.01. The van der Waals surface area contributed by atoms with Crippen LogP contribution in [0.3, 0.4) is 0 Å². The summed E-state index contributed by atoms with van der Waals surface area (Å²) in [6, 6.07) is 5.94. The minimum Gasteiger partial charge on any atom is -0.490 e. The van der Waals surface area contributed by atoms with E-state index in [9.17, 15) is 14.9 Å². The molecular weight excluding hydrogens is 326 g/mol. The first-order valence-corrected chi connectivity index (χ1v) is 7.81. The van der Waals surface area contributed by atoms with Crippen molar-refractivity contribution in [3.63, 3.8) is 0 Å². The third-order valence-corrected chi connectivity index (χ3v) is 4.18. The van der Waals surface area contributed by atoms with Gasteiger partial charge in [-0.25, -0.2) is 0 Å². The smallest absolute Gasteiger partial charge is 0.311 e. The number of rotatable bonds is 5. The molecule has 1 aromatic carbocycles. The number of nitro groups is 1. The van der Waals surface area contributed by atoms with Crippen LogP contribution in [0.5, 0.6) is 5.75 Å². The minimum atomic E-state index is -0.504. The van der Waals surface area contributed by atoms with Crippen LogP contribution in [-0.4, -0.2) is 40.3 Å². The molecule has 1 fully saturated rings. The highest BCUT2D eigenvalue weighted by molar-refractivity contribution is 6.00. The third-order valence-electron chi connectivity index (χ3n) is 4.18. The van der Waals surface area contributed by atoms with E-state index in [0.29, 0.717) is 18.7 Å². The Morgan fingerprint density at radius 3 is 2.76 bits per heavy atom. The van der Waals surface area contributed by atoms with Gasteiger partial charge in [0.15, 0.2) is 5.75 Å². The summed E-state index contributed by atoms with van der Waals surface area (Å²) in [4.78, 5) is 24.8. The maximum absolute atomic E-state index is 12.7. The Labute approximate surface area is 144 Å². The first kappa shape index (κ1) is 16.7. The van der Waals surface area contributed by atoms with Gasteiger partial charge in [0.2, 0.25) is 0 Å². The summed E-state index contributed by atoms with van der Waals surface area (Å²) < 4.78 is 6.74. The molecule has 0 spiro atoms. The fourth-order valence-electron chi connectivity index (χ4n) is 3.01. The average Bonchev–Trinajstić information content (AvgIpc) is 3.09. The molecule has 0 bridgehead atoms. The number of carbonyl (C=O) groups is 1. The van der Waals surface area contributed by atoms with E-state index in [0.717, 1.165) is 11.5 Å². The van der Waals surface area contributed by atoms with Crippen molar-refractivity contribution in [2.75, 3.05) is 23.9 Å². The zero-order chi connectivity index (χ0) is 18.1. The van der Waals surface area contributed by atoms with Crippen LogP contribution >= 0.6 is 0 Å². The molecule has 1 aliphatic rings. The summed E-state index contributed by atoms with van der Waals surface area (Å²) in [6.07, 6.45) is 0.627. The molecule has 2 heterocycles. The number of hydrogen-bond donors (Lipinski definition) is 1. The predicted octanol–water partition coefficient (Wildman–Crippen LogP) is 1.86. The van der Waals surface area contributed by atoms with Gasteiger partial charge in [0, 0.05) is 37.5 Å². The number of anilines is 2. The zero-order valence-corrected chi connectivity index (χ0v) is 14.2. The van der Waals surface area contributed by atoms with Gasteiger partial charge in [-0.1, -0.05) is 0 Å².